The lowest BCUT2D eigenvalue weighted by Gasteiger charge is -2.17. The molecule has 7 aromatic carbocycles. The van der Waals surface area contributed by atoms with Crippen LogP contribution in [0.5, 0.6) is 63.2 Å². The Morgan fingerprint density at radius 3 is 1.30 bits per heavy atom. The Hall–Kier alpha value is -8.43. The minimum absolute atomic E-state index is 0.0509. The zero-order chi connectivity index (χ0) is 43.3. The fourth-order valence-corrected chi connectivity index (χ4v) is 8.22. The Morgan fingerprint density at radius 1 is 0.410 bits per heavy atom. The molecule has 0 saturated carbocycles. The van der Waals surface area contributed by atoms with Crippen molar-refractivity contribution >= 4 is 49.9 Å². The normalized spacial score (nSPS) is 12.0. The predicted molar refractivity (Wildman–Crippen MR) is 233 cm³/mol. The Kier molecular flexibility index (Phi) is 9.94. The molecular formula is C46H33N3O11S. The number of aromatic hydroxyl groups is 11. The zero-order valence-electron chi connectivity index (χ0n) is 31.5. The summed E-state index contributed by atoms with van der Waals surface area (Å²) < 4.78 is -0.700. The van der Waals surface area contributed by atoms with E-state index in [0.717, 1.165) is 22.3 Å². The van der Waals surface area contributed by atoms with Crippen molar-refractivity contribution in [1.29, 1.82) is 0 Å². The van der Waals surface area contributed by atoms with Crippen LogP contribution in [0, 0.1) is 0 Å². The second kappa shape index (κ2) is 15.4. The van der Waals surface area contributed by atoms with E-state index in [9.17, 15) is 56.2 Å². The van der Waals surface area contributed by atoms with Crippen molar-refractivity contribution < 1.29 is 56.2 Å². The van der Waals surface area contributed by atoms with Gasteiger partial charge in [-0.3, -0.25) is 4.99 Å². The van der Waals surface area contributed by atoms with Crippen molar-refractivity contribution in [2.75, 3.05) is 0 Å². The third-order valence-corrected chi connectivity index (χ3v) is 11.4. The minimum atomic E-state index is -1.21. The van der Waals surface area contributed by atoms with Crippen molar-refractivity contribution in [2.24, 2.45) is 15.0 Å². The number of thiophene rings is 1. The third-order valence-electron chi connectivity index (χ3n) is 10.2. The second-order valence-electron chi connectivity index (χ2n) is 13.7. The molecule has 0 spiro atoms. The fourth-order valence-electron chi connectivity index (χ4n) is 7.02. The van der Waals surface area contributed by atoms with Crippen LogP contribution in [-0.4, -0.2) is 74.6 Å². The molecule has 0 aliphatic carbocycles. The zero-order valence-corrected chi connectivity index (χ0v) is 32.3. The van der Waals surface area contributed by atoms with Crippen LogP contribution in [0.3, 0.4) is 0 Å². The quantitative estimate of drug-likeness (QED) is 0.0312. The molecule has 1 aromatic heterocycles. The van der Waals surface area contributed by atoms with Crippen molar-refractivity contribution in [3.63, 3.8) is 0 Å². The Bertz CT molecular complexity index is 3080. The lowest BCUT2D eigenvalue weighted by molar-refractivity contribution is 0.351. The summed E-state index contributed by atoms with van der Waals surface area (Å²) in [5.41, 5.74) is 2.58. The van der Waals surface area contributed by atoms with E-state index in [-0.39, 0.29) is 21.1 Å². The number of fused-ring (bicyclic) bond motifs is 3. The molecule has 11 N–H and O–H groups in total. The van der Waals surface area contributed by atoms with Crippen LogP contribution < -0.4 is 0 Å². The SMILES string of the molecule is C=N/C(=N\C(=N/Cc1c(O)c(O)c(-c2c(O)c(O)c3c(sc4c(O)c(O)c(O)c(O)c43)c2O)c(O)c1O)c1ccc(-c2ccccc2)cc1)c1ccc(-c2ccccc2)cc1. The summed E-state index contributed by atoms with van der Waals surface area (Å²) in [5, 5.41) is 119. The summed E-state index contributed by atoms with van der Waals surface area (Å²) in [4.78, 5) is 13.4. The molecule has 0 fully saturated rings. The van der Waals surface area contributed by atoms with E-state index in [1.165, 1.54) is 0 Å². The van der Waals surface area contributed by atoms with Crippen molar-refractivity contribution in [3.05, 3.63) is 126 Å². The lowest BCUT2D eigenvalue weighted by Crippen LogP contribution is -2.06. The predicted octanol–water partition coefficient (Wildman–Crippen LogP) is 8.91. The fraction of sp³-hybridized carbons (Fsp3) is 0.0217. The second-order valence-corrected chi connectivity index (χ2v) is 14.7. The van der Waals surface area contributed by atoms with Crippen molar-refractivity contribution in [2.45, 2.75) is 6.54 Å². The number of phenols is 11. The highest BCUT2D eigenvalue weighted by molar-refractivity contribution is 7.26. The van der Waals surface area contributed by atoms with Crippen LogP contribution in [0.15, 0.2) is 124 Å². The van der Waals surface area contributed by atoms with Gasteiger partial charge in [0.2, 0.25) is 11.5 Å². The Balaban J connectivity index is 1.24. The largest absolute Gasteiger partial charge is 0.506 e. The summed E-state index contributed by atoms with van der Waals surface area (Å²) in [6.45, 7) is 3.10. The molecule has 14 nitrogen and oxygen atoms in total. The lowest BCUT2D eigenvalue weighted by atomic mass is 9.95. The molecular weight excluding hydrogens is 803 g/mol. The van der Waals surface area contributed by atoms with Crippen LogP contribution in [0.2, 0.25) is 0 Å². The number of amidine groups is 2. The Labute approximate surface area is 349 Å². The maximum Gasteiger partial charge on any atom is 0.205 e. The molecule has 0 aliphatic rings. The van der Waals surface area contributed by atoms with Gasteiger partial charge in [-0.1, -0.05) is 109 Å². The third kappa shape index (κ3) is 6.60. The first kappa shape index (κ1) is 39.4. The van der Waals surface area contributed by atoms with Gasteiger partial charge in [0, 0.05) is 11.1 Å². The van der Waals surface area contributed by atoms with Gasteiger partial charge >= 0.3 is 0 Å². The van der Waals surface area contributed by atoms with Crippen LogP contribution in [0.1, 0.15) is 16.7 Å². The van der Waals surface area contributed by atoms with Crippen LogP contribution in [0.25, 0.3) is 53.6 Å². The van der Waals surface area contributed by atoms with E-state index in [4.69, 9.17) is 4.99 Å². The molecule has 15 heteroatoms. The van der Waals surface area contributed by atoms with E-state index in [1.54, 1.807) is 12.1 Å². The smallest absolute Gasteiger partial charge is 0.205 e. The summed E-state index contributed by atoms with van der Waals surface area (Å²) in [5.74, 6) is -11.6. The van der Waals surface area contributed by atoms with Crippen LogP contribution in [-0.2, 0) is 6.54 Å². The average molecular weight is 836 g/mol. The van der Waals surface area contributed by atoms with Gasteiger partial charge in [0.15, 0.2) is 57.7 Å². The summed E-state index contributed by atoms with van der Waals surface area (Å²) >= 11 is 0.487. The maximum atomic E-state index is 11.4. The maximum absolute atomic E-state index is 11.4. The van der Waals surface area contributed by atoms with Gasteiger partial charge in [0.25, 0.3) is 0 Å². The van der Waals surface area contributed by atoms with Crippen molar-refractivity contribution in [3.8, 4) is 96.6 Å². The average Bonchev–Trinajstić information content (AvgIpc) is 3.71. The van der Waals surface area contributed by atoms with Crippen LogP contribution >= 0.6 is 11.3 Å². The monoisotopic (exact) mass is 835 g/mol. The molecule has 8 rings (SSSR count). The molecule has 0 atom stereocenters. The summed E-state index contributed by atoms with van der Waals surface area (Å²) in [6, 6.07) is 34.0. The number of nitrogens with zero attached hydrogens (tertiary/aromatic N) is 3. The van der Waals surface area contributed by atoms with E-state index in [2.05, 4.69) is 16.7 Å². The molecule has 0 amide bonds. The number of aliphatic imine (C=N–C) groups is 3. The number of hydrogen-bond acceptors (Lipinski definition) is 13. The van der Waals surface area contributed by atoms with Crippen molar-refractivity contribution in [1.82, 2.24) is 0 Å². The first-order valence-corrected chi connectivity index (χ1v) is 19.0. The molecule has 0 aliphatic heterocycles. The number of phenolic OH excluding ortho intramolecular Hbond substituents is 11. The topological polar surface area (TPSA) is 260 Å². The first-order valence-electron chi connectivity index (χ1n) is 18.2. The van der Waals surface area contributed by atoms with E-state index in [1.807, 2.05) is 97.1 Å². The highest BCUT2D eigenvalue weighted by Gasteiger charge is 2.33. The van der Waals surface area contributed by atoms with E-state index in [0.29, 0.717) is 22.5 Å². The molecule has 0 saturated heterocycles. The molecule has 0 bridgehead atoms. The number of benzene rings is 7. The van der Waals surface area contributed by atoms with Crippen LogP contribution in [0.4, 0.5) is 0 Å². The minimum Gasteiger partial charge on any atom is -0.506 e. The van der Waals surface area contributed by atoms with Gasteiger partial charge in [-0.05, 0) is 29.0 Å². The number of rotatable bonds is 7. The highest BCUT2D eigenvalue weighted by Crippen LogP contribution is 2.63. The van der Waals surface area contributed by atoms with Gasteiger partial charge in [-0.2, -0.15) is 0 Å². The first-order chi connectivity index (χ1) is 29.3. The Morgan fingerprint density at radius 2 is 0.803 bits per heavy atom. The van der Waals surface area contributed by atoms with Gasteiger partial charge in [0.1, 0.15) is 5.75 Å². The standard InChI is InChI=1S/C46H33N3O11S/c1-47-45(25-16-12-23(13-17-25)21-8-4-2-5-9-21)49-46(26-18-14-24(15-19-26)22-10-6-3-7-11-22)48-20-27-32(50)34(52)28(35(53)33(27)51)29-36(54)37(55)30-31-38(56)40(58)41(59)42(60)44(31)61-43(30)39(29)57/h2-19,50-60H,1,20H2/b48-46-,49-45-. The molecule has 0 unspecified atom stereocenters. The summed E-state index contributed by atoms with van der Waals surface area (Å²) in [6.07, 6.45) is 0. The molecule has 8 aromatic rings. The number of hydrogen-bond donors (Lipinski definition) is 11. The van der Waals surface area contributed by atoms with Gasteiger partial charge in [0.05, 0.1) is 43.4 Å². The molecule has 0 radical (unpaired) electrons. The molecule has 304 valence electrons. The van der Waals surface area contributed by atoms with Gasteiger partial charge < -0.3 is 56.2 Å². The highest BCUT2D eigenvalue weighted by atomic mass is 32.1. The molecule has 1 heterocycles. The summed E-state index contributed by atoms with van der Waals surface area (Å²) in [7, 11) is 0. The van der Waals surface area contributed by atoms with Gasteiger partial charge in [-0.25, -0.2) is 9.98 Å². The molecule has 61 heavy (non-hydrogen) atoms. The van der Waals surface area contributed by atoms with Gasteiger partial charge in [-0.15, -0.1) is 11.3 Å². The van der Waals surface area contributed by atoms with E-state index < -0.39 is 97.3 Å². The van der Waals surface area contributed by atoms with E-state index >= 15 is 0 Å².